The van der Waals surface area contributed by atoms with Gasteiger partial charge in [0.15, 0.2) is 0 Å². The molecule has 0 spiro atoms. The molecule has 0 aromatic rings. The largest absolute Gasteiger partial charge is 0.466 e. The molecular weight excluding hydrogens is 224 g/mol. The van der Waals surface area contributed by atoms with E-state index in [0.29, 0.717) is 0 Å². The third kappa shape index (κ3) is 6.09. The summed E-state index contributed by atoms with van der Waals surface area (Å²) in [5, 5.41) is 0. The van der Waals surface area contributed by atoms with Crippen molar-refractivity contribution in [3.63, 3.8) is 0 Å². The van der Waals surface area contributed by atoms with Crippen LogP contribution < -0.4 is 0 Å². The van der Waals surface area contributed by atoms with Crippen molar-refractivity contribution in [2.75, 3.05) is 7.11 Å². The number of methoxy groups -OCH3 is 1. The maximum absolute atomic E-state index is 11.1. The van der Waals surface area contributed by atoms with Crippen molar-refractivity contribution >= 4 is 17.9 Å². The smallest absolute Gasteiger partial charge is 0.340 e. The van der Waals surface area contributed by atoms with Crippen molar-refractivity contribution < 1.29 is 23.9 Å². The first-order valence-corrected chi connectivity index (χ1v) is 4.72. The van der Waals surface area contributed by atoms with Crippen molar-refractivity contribution in [3.05, 3.63) is 36.5 Å². The summed E-state index contributed by atoms with van der Waals surface area (Å²) in [6, 6.07) is 0. The molecule has 5 heteroatoms. The van der Waals surface area contributed by atoms with Crippen LogP contribution in [0.3, 0.4) is 0 Å². The fourth-order valence-electron chi connectivity index (χ4n) is 0.738. The molecule has 5 nitrogen and oxygen atoms in total. The Kier molecular flexibility index (Phi) is 6.25. The molecule has 0 amide bonds. The molecule has 0 atom stereocenters. The minimum Gasteiger partial charge on any atom is -0.466 e. The molecule has 0 aliphatic carbocycles. The number of allylic oxidation sites excluding steroid dienone is 1. The van der Waals surface area contributed by atoms with Crippen LogP contribution in [-0.2, 0) is 23.9 Å². The van der Waals surface area contributed by atoms with E-state index in [0.717, 1.165) is 6.08 Å². The predicted molar refractivity (Wildman–Crippen MR) is 60.8 cm³/mol. The van der Waals surface area contributed by atoms with Gasteiger partial charge in [0.2, 0.25) is 0 Å². The van der Waals surface area contributed by atoms with Crippen molar-refractivity contribution in [2.24, 2.45) is 0 Å². The first kappa shape index (κ1) is 14.8. The molecule has 0 fully saturated rings. The Labute approximate surface area is 99.4 Å². The maximum Gasteiger partial charge on any atom is 0.340 e. The number of hydrogen-bond donors (Lipinski definition) is 0. The van der Waals surface area contributed by atoms with Gasteiger partial charge in [-0.25, -0.2) is 14.4 Å². The molecule has 0 aliphatic heterocycles. The normalized spacial score (nSPS) is 9.76. The van der Waals surface area contributed by atoms with Gasteiger partial charge in [-0.15, -0.1) is 0 Å². The SMILES string of the molecule is C=C(C)C(=O)OC(=O)C=CCC(=C)C(=O)OC. The van der Waals surface area contributed by atoms with E-state index < -0.39 is 17.9 Å². The highest BCUT2D eigenvalue weighted by Crippen LogP contribution is 2.02. The molecule has 0 bridgehead atoms. The van der Waals surface area contributed by atoms with Crippen LogP contribution in [0.2, 0.25) is 0 Å². The number of rotatable bonds is 5. The number of carbonyl (C=O) groups excluding carboxylic acids is 3. The average molecular weight is 238 g/mol. The molecule has 0 aliphatic rings. The maximum atomic E-state index is 11.1. The number of carbonyl (C=O) groups is 3. The Morgan fingerprint density at radius 2 is 1.76 bits per heavy atom. The van der Waals surface area contributed by atoms with Gasteiger partial charge < -0.3 is 9.47 Å². The zero-order valence-corrected chi connectivity index (χ0v) is 9.82. The van der Waals surface area contributed by atoms with Gasteiger partial charge >= 0.3 is 17.9 Å². The van der Waals surface area contributed by atoms with Crippen LogP contribution in [0.4, 0.5) is 0 Å². The van der Waals surface area contributed by atoms with E-state index in [4.69, 9.17) is 0 Å². The summed E-state index contributed by atoms with van der Waals surface area (Å²) >= 11 is 0. The van der Waals surface area contributed by atoms with E-state index in [-0.39, 0.29) is 17.6 Å². The monoisotopic (exact) mass is 238 g/mol. The lowest BCUT2D eigenvalue weighted by molar-refractivity contribution is -0.153. The van der Waals surface area contributed by atoms with Gasteiger partial charge in [-0.05, 0) is 13.3 Å². The number of esters is 3. The van der Waals surface area contributed by atoms with Crippen LogP contribution in [0, 0.1) is 0 Å². The highest BCUT2D eigenvalue weighted by molar-refractivity contribution is 5.98. The van der Waals surface area contributed by atoms with Gasteiger partial charge in [0.1, 0.15) is 0 Å². The number of ether oxygens (including phenoxy) is 2. The zero-order valence-electron chi connectivity index (χ0n) is 9.82. The Bertz CT molecular complexity index is 390. The van der Waals surface area contributed by atoms with E-state index in [1.165, 1.54) is 20.1 Å². The Hall–Kier alpha value is -2.17. The van der Waals surface area contributed by atoms with Gasteiger partial charge in [0.05, 0.1) is 7.11 Å². The summed E-state index contributed by atoms with van der Waals surface area (Å²) in [6.07, 6.45) is 2.53. The summed E-state index contributed by atoms with van der Waals surface area (Å²) in [5.74, 6) is -2.16. The summed E-state index contributed by atoms with van der Waals surface area (Å²) in [5.41, 5.74) is 0.327. The second kappa shape index (κ2) is 7.16. The molecule has 0 N–H and O–H groups in total. The Balaban J connectivity index is 4.14. The van der Waals surface area contributed by atoms with Gasteiger partial charge in [-0.2, -0.15) is 0 Å². The standard InChI is InChI=1S/C12H14O5/c1-8(2)11(14)17-10(13)7-5-6-9(3)12(15)16-4/h5,7H,1,3,6H2,2,4H3. The lowest BCUT2D eigenvalue weighted by Gasteiger charge is -1.99. The first-order valence-electron chi connectivity index (χ1n) is 4.72. The Morgan fingerprint density at radius 1 is 1.18 bits per heavy atom. The minimum atomic E-state index is -0.823. The fourth-order valence-corrected chi connectivity index (χ4v) is 0.738. The summed E-state index contributed by atoms with van der Waals surface area (Å²) < 4.78 is 8.78. The van der Waals surface area contributed by atoms with Gasteiger partial charge in [0.25, 0.3) is 0 Å². The average Bonchev–Trinajstić information content (AvgIpc) is 2.27. The molecule has 92 valence electrons. The minimum absolute atomic E-state index is 0.130. The van der Waals surface area contributed by atoms with Crippen LogP contribution in [0.15, 0.2) is 36.5 Å². The lowest BCUT2D eigenvalue weighted by Crippen LogP contribution is -2.10. The van der Waals surface area contributed by atoms with Crippen LogP contribution in [0.5, 0.6) is 0 Å². The van der Waals surface area contributed by atoms with E-state index in [9.17, 15) is 14.4 Å². The molecule has 0 heterocycles. The molecule has 0 saturated carbocycles. The van der Waals surface area contributed by atoms with Crippen LogP contribution in [-0.4, -0.2) is 25.0 Å². The highest BCUT2D eigenvalue weighted by Gasteiger charge is 2.08. The van der Waals surface area contributed by atoms with E-state index in [1.807, 2.05) is 0 Å². The molecule has 0 radical (unpaired) electrons. The third-order valence-electron chi connectivity index (χ3n) is 1.63. The van der Waals surface area contributed by atoms with Crippen LogP contribution in [0.1, 0.15) is 13.3 Å². The van der Waals surface area contributed by atoms with Gasteiger partial charge in [-0.3, -0.25) is 0 Å². The summed E-state index contributed by atoms with van der Waals surface area (Å²) in [7, 11) is 1.23. The molecule has 0 aromatic carbocycles. The van der Waals surface area contributed by atoms with E-state index in [2.05, 4.69) is 22.6 Å². The van der Waals surface area contributed by atoms with Gasteiger partial charge in [0, 0.05) is 17.2 Å². The predicted octanol–water partition coefficient (Wildman–Crippen LogP) is 1.31. The second-order valence-electron chi connectivity index (χ2n) is 3.19. The second-order valence-corrected chi connectivity index (χ2v) is 3.19. The zero-order chi connectivity index (χ0) is 13.4. The first-order chi connectivity index (χ1) is 7.88. The van der Waals surface area contributed by atoms with E-state index in [1.54, 1.807) is 0 Å². The van der Waals surface area contributed by atoms with Crippen LogP contribution in [0.25, 0.3) is 0 Å². The Morgan fingerprint density at radius 3 is 2.24 bits per heavy atom. The van der Waals surface area contributed by atoms with Crippen molar-refractivity contribution in [1.82, 2.24) is 0 Å². The molecular formula is C12H14O5. The summed E-state index contributed by atoms with van der Waals surface area (Å²) in [4.78, 5) is 32.9. The topological polar surface area (TPSA) is 69.7 Å². The fraction of sp³-hybridized carbons (Fsp3) is 0.250. The van der Waals surface area contributed by atoms with Crippen molar-refractivity contribution in [2.45, 2.75) is 13.3 Å². The van der Waals surface area contributed by atoms with E-state index >= 15 is 0 Å². The van der Waals surface area contributed by atoms with Crippen molar-refractivity contribution in [1.29, 1.82) is 0 Å². The number of hydrogen-bond acceptors (Lipinski definition) is 5. The molecule has 0 saturated heterocycles. The molecule has 0 rings (SSSR count). The third-order valence-corrected chi connectivity index (χ3v) is 1.63. The summed E-state index contributed by atoms with van der Waals surface area (Å²) in [6.45, 7) is 8.21. The van der Waals surface area contributed by atoms with Crippen LogP contribution >= 0.6 is 0 Å². The lowest BCUT2D eigenvalue weighted by atomic mass is 10.2. The van der Waals surface area contributed by atoms with Gasteiger partial charge in [-0.1, -0.05) is 19.2 Å². The molecule has 0 aromatic heterocycles. The molecule has 17 heavy (non-hydrogen) atoms. The van der Waals surface area contributed by atoms with Crippen molar-refractivity contribution in [3.8, 4) is 0 Å². The quantitative estimate of drug-likeness (QED) is 0.410. The highest BCUT2D eigenvalue weighted by atomic mass is 16.6. The molecule has 0 unspecified atom stereocenters.